The molecule has 0 aromatic rings. The summed E-state index contributed by atoms with van der Waals surface area (Å²) >= 11 is 0. The number of aliphatic imine (C=N–C) groups is 2. The van der Waals surface area contributed by atoms with Crippen LogP contribution in [0.1, 0.15) is 58.3 Å². The number of carbonyl (C=O) groups is 7. The smallest absolute Gasteiger partial charge is 0.326 e. The lowest BCUT2D eigenvalue weighted by Gasteiger charge is -2.27. The summed E-state index contributed by atoms with van der Waals surface area (Å²) in [5.74, 6) is -6.47. The van der Waals surface area contributed by atoms with Crippen LogP contribution in [-0.2, 0) is 33.6 Å². The van der Waals surface area contributed by atoms with E-state index < -0.39 is 84.6 Å². The molecule has 0 unspecified atom stereocenters. The van der Waals surface area contributed by atoms with Crippen LogP contribution in [0, 0.1) is 0 Å². The third-order valence-electron chi connectivity index (χ3n) is 7.12. The molecule has 1 saturated heterocycles. The van der Waals surface area contributed by atoms with Gasteiger partial charge >= 0.3 is 11.9 Å². The average Bonchev–Trinajstić information content (AvgIpc) is 3.50. The van der Waals surface area contributed by atoms with Crippen molar-refractivity contribution in [1.29, 1.82) is 0 Å². The minimum Gasteiger partial charge on any atom is -0.481 e. The lowest BCUT2D eigenvalue weighted by molar-refractivity contribution is -0.143. The van der Waals surface area contributed by atoms with E-state index in [2.05, 4.69) is 31.3 Å². The van der Waals surface area contributed by atoms with Gasteiger partial charge in [0.15, 0.2) is 11.9 Å². The molecule has 270 valence electrons. The van der Waals surface area contributed by atoms with Gasteiger partial charge in [0.2, 0.25) is 29.5 Å². The molecule has 0 aromatic heterocycles. The maximum absolute atomic E-state index is 13.4. The van der Waals surface area contributed by atoms with E-state index in [0.29, 0.717) is 6.42 Å². The Hall–Kier alpha value is -5.21. The molecule has 1 aliphatic rings. The number of aliphatic carboxylic acids is 2. The van der Waals surface area contributed by atoms with E-state index in [1.165, 1.54) is 11.8 Å². The van der Waals surface area contributed by atoms with Gasteiger partial charge in [-0.3, -0.25) is 38.8 Å². The van der Waals surface area contributed by atoms with Crippen molar-refractivity contribution >= 4 is 53.4 Å². The Kier molecular flexibility index (Phi) is 17.7. The minimum absolute atomic E-state index is 0.00472. The highest BCUT2D eigenvalue weighted by Gasteiger charge is 2.36. The normalized spacial score (nSPS) is 16.3. The summed E-state index contributed by atoms with van der Waals surface area (Å²) in [6.07, 6.45) is 0.473. The molecule has 5 atom stereocenters. The summed E-state index contributed by atoms with van der Waals surface area (Å²) in [5, 5.41) is 28.3. The van der Waals surface area contributed by atoms with Crippen LogP contribution in [-0.4, -0.2) is 125 Å². The summed E-state index contributed by atoms with van der Waals surface area (Å²) in [6.45, 7) is 1.23. The van der Waals surface area contributed by atoms with Gasteiger partial charge in [-0.1, -0.05) is 0 Å². The molecule has 48 heavy (non-hydrogen) atoms. The number of likely N-dealkylation sites (tertiary alicyclic amines) is 1. The molecule has 0 aromatic carbocycles. The van der Waals surface area contributed by atoms with Crippen molar-refractivity contribution in [3.8, 4) is 0 Å². The summed E-state index contributed by atoms with van der Waals surface area (Å²) in [6, 6.07) is -5.79. The van der Waals surface area contributed by atoms with E-state index in [1.54, 1.807) is 0 Å². The molecule has 5 amide bonds. The molecule has 1 fully saturated rings. The Bertz CT molecular complexity index is 1220. The first-order valence-electron chi connectivity index (χ1n) is 15.3. The van der Waals surface area contributed by atoms with Crippen LogP contribution in [0.3, 0.4) is 0 Å². The van der Waals surface area contributed by atoms with Gasteiger partial charge in [-0.25, -0.2) is 4.79 Å². The highest BCUT2D eigenvalue weighted by molar-refractivity contribution is 5.95. The molecule has 0 spiro atoms. The van der Waals surface area contributed by atoms with E-state index in [1.807, 2.05) is 0 Å². The zero-order chi connectivity index (χ0) is 36.4. The van der Waals surface area contributed by atoms with E-state index in [4.69, 9.17) is 33.8 Å². The first-order valence-corrected chi connectivity index (χ1v) is 15.3. The third-order valence-corrected chi connectivity index (χ3v) is 7.12. The van der Waals surface area contributed by atoms with Crippen molar-refractivity contribution in [2.75, 3.05) is 26.2 Å². The van der Waals surface area contributed by atoms with Crippen LogP contribution < -0.4 is 49.9 Å². The Balaban J connectivity index is 2.98. The van der Waals surface area contributed by atoms with Crippen LogP contribution in [0.2, 0.25) is 0 Å². The first-order chi connectivity index (χ1) is 22.5. The number of carboxylic acid groups (broad SMARTS) is 2. The maximum atomic E-state index is 13.4. The Labute approximate surface area is 276 Å². The standard InChI is InChI=1S/C27H48N12O9/c1-14(28)21(43)36-16(8-9-20(41)42)22(44)35-13-19(40)39-12-4-7-18(39)24(46)37-15(5-2-10-33-26(29)30)23(45)38-17(25(47)48)6-3-11-34-27(31)32/h14-18H,2-13,28H2,1H3,(H,35,44)(H,36,43)(H,37,46)(H,38,45)(H,41,42)(H,47,48)(H4,29,30,33)(H4,31,32,34)/t14-,15-,16-,17-,18-/m0/s1. The topological polar surface area (TPSA) is 366 Å². The van der Waals surface area contributed by atoms with Gasteiger partial charge in [-0.15, -0.1) is 0 Å². The van der Waals surface area contributed by atoms with Gasteiger partial charge in [0.1, 0.15) is 24.2 Å². The van der Waals surface area contributed by atoms with E-state index in [-0.39, 0.29) is 70.1 Å². The largest absolute Gasteiger partial charge is 0.481 e. The number of nitrogens with zero attached hydrogens (tertiary/aromatic N) is 3. The second-order valence-corrected chi connectivity index (χ2v) is 11.1. The van der Waals surface area contributed by atoms with Crippen LogP contribution in [0.4, 0.5) is 0 Å². The number of guanidine groups is 2. The lowest BCUT2D eigenvalue weighted by Crippen LogP contribution is -2.56. The van der Waals surface area contributed by atoms with E-state index in [0.717, 1.165) is 0 Å². The number of nitrogens with one attached hydrogen (secondary N) is 4. The Morgan fingerprint density at radius 3 is 1.85 bits per heavy atom. The second kappa shape index (κ2) is 20.8. The van der Waals surface area contributed by atoms with Crippen LogP contribution in [0.15, 0.2) is 9.98 Å². The highest BCUT2D eigenvalue weighted by Crippen LogP contribution is 2.18. The fourth-order valence-corrected chi connectivity index (χ4v) is 4.64. The highest BCUT2D eigenvalue weighted by atomic mass is 16.4. The van der Waals surface area contributed by atoms with E-state index >= 15 is 0 Å². The Morgan fingerprint density at radius 1 is 0.792 bits per heavy atom. The first kappa shape index (κ1) is 40.8. The van der Waals surface area contributed by atoms with Crippen LogP contribution in [0.25, 0.3) is 0 Å². The van der Waals surface area contributed by atoms with Gasteiger partial charge in [0.05, 0.1) is 12.6 Å². The molecule has 0 bridgehead atoms. The van der Waals surface area contributed by atoms with Crippen molar-refractivity contribution in [2.45, 2.75) is 88.5 Å². The predicted molar refractivity (Wildman–Crippen MR) is 172 cm³/mol. The lowest BCUT2D eigenvalue weighted by atomic mass is 10.1. The molecular weight excluding hydrogens is 636 g/mol. The van der Waals surface area contributed by atoms with Crippen molar-refractivity contribution in [1.82, 2.24) is 26.2 Å². The molecule has 0 aliphatic carbocycles. The third kappa shape index (κ3) is 15.4. The maximum Gasteiger partial charge on any atom is 0.326 e. The summed E-state index contributed by atoms with van der Waals surface area (Å²) in [7, 11) is 0. The minimum atomic E-state index is -1.31. The molecule has 1 aliphatic heterocycles. The Morgan fingerprint density at radius 2 is 1.33 bits per heavy atom. The molecular formula is C27H48N12O9. The zero-order valence-electron chi connectivity index (χ0n) is 26.9. The fourth-order valence-electron chi connectivity index (χ4n) is 4.64. The molecule has 21 heteroatoms. The number of hydrogen-bond acceptors (Lipinski definition) is 10. The van der Waals surface area contributed by atoms with Crippen molar-refractivity contribution in [3.63, 3.8) is 0 Å². The van der Waals surface area contributed by atoms with Gasteiger partial charge in [0.25, 0.3) is 0 Å². The fraction of sp³-hybridized carbons (Fsp3) is 0.667. The summed E-state index contributed by atoms with van der Waals surface area (Å²) in [4.78, 5) is 96.1. The molecule has 0 radical (unpaired) electrons. The molecule has 0 saturated carbocycles. The van der Waals surface area contributed by atoms with Crippen molar-refractivity contribution in [2.24, 2.45) is 38.7 Å². The van der Waals surface area contributed by atoms with Crippen molar-refractivity contribution < 1.29 is 43.8 Å². The van der Waals surface area contributed by atoms with Gasteiger partial charge < -0.3 is 65.0 Å². The number of hydrogen-bond donors (Lipinski definition) is 11. The number of carboxylic acids is 2. The van der Waals surface area contributed by atoms with Gasteiger partial charge in [-0.2, -0.15) is 0 Å². The quantitative estimate of drug-likeness (QED) is 0.0306. The zero-order valence-corrected chi connectivity index (χ0v) is 26.9. The van der Waals surface area contributed by atoms with E-state index in [9.17, 15) is 38.7 Å². The van der Waals surface area contributed by atoms with Crippen LogP contribution in [0.5, 0.6) is 0 Å². The summed E-state index contributed by atoms with van der Waals surface area (Å²) in [5.41, 5.74) is 26.8. The molecule has 16 N–H and O–H groups in total. The SMILES string of the molecule is C[C@H](N)C(=O)N[C@@H](CCC(=O)O)C(=O)NCC(=O)N1CCC[C@H]1C(=O)N[C@@H](CCCN=C(N)N)C(=O)N[C@@H](CCCN=C(N)N)C(=O)O. The molecule has 1 rings (SSSR count). The number of rotatable bonds is 21. The predicted octanol–water partition coefficient (Wildman–Crippen LogP) is -5.05. The van der Waals surface area contributed by atoms with Crippen molar-refractivity contribution in [3.05, 3.63) is 0 Å². The van der Waals surface area contributed by atoms with Gasteiger partial charge in [-0.05, 0) is 51.9 Å². The van der Waals surface area contributed by atoms with Gasteiger partial charge in [0, 0.05) is 26.1 Å². The molecule has 21 nitrogen and oxygen atoms in total. The number of nitrogens with two attached hydrogens (primary N) is 5. The monoisotopic (exact) mass is 684 g/mol. The summed E-state index contributed by atoms with van der Waals surface area (Å²) < 4.78 is 0. The average molecular weight is 685 g/mol. The number of amides is 5. The molecule has 1 heterocycles. The van der Waals surface area contributed by atoms with Crippen LogP contribution >= 0.6 is 0 Å². The second-order valence-electron chi connectivity index (χ2n) is 11.1. The number of carbonyl (C=O) groups excluding carboxylic acids is 5.